The molecule has 0 N–H and O–H groups in total. The second-order valence-corrected chi connectivity index (χ2v) is 22.2. The van der Waals surface area contributed by atoms with Crippen molar-refractivity contribution in [3.05, 3.63) is 0 Å². The Labute approximate surface area is 65.4 Å². The Hall–Kier alpha value is 0.724. The van der Waals surface area contributed by atoms with Crippen molar-refractivity contribution < 1.29 is 0 Å². The molecule has 0 spiro atoms. The van der Waals surface area contributed by atoms with Crippen LogP contribution in [-0.4, -0.2) is 20.7 Å². The van der Waals surface area contributed by atoms with Gasteiger partial charge in [-0.15, -0.1) is 11.6 Å². The summed E-state index contributed by atoms with van der Waals surface area (Å²) in [6.07, 6.45) is 0. The third-order valence-electron chi connectivity index (χ3n) is 2.36. The van der Waals surface area contributed by atoms with E-state index in [2.05, 4.69) is 32.7 Å². The van der Waals surface area contributed by atoms with Crippen LogP contribution < -0.4 is 0 Å². The summed E-state index contributed by atoms with van der Waals surface area (Å²) in [5, 5.41) is 0. The first kappa shape index (κ1) is 9.72. The number of hydrogen-bond acceptors (Lipinski definition) is 0. The summed E-state index contributed by atoms with van der Waals surface area (Å²) >= 11 is 5.87. The molecule has 0 amide bonds. The summed E-state index contributed by atoms with van der Waals surface area (Å²) in [6.45, 7) is 12.0. The smallest absolute Gasteiger partial charge is 0.0578 e. The summed E-state index contributed by atoms with van der Waals surface area (Å²) in [7, 11) is -1.85. The topological polar surface area (TPSA) is 0 Å². The van der Waals surface area contributed by atoms with Crippen LogP contribution >= 0.6 is 11.6 Å². The maximum Gasteiger partial charge on any atom is 0.0578 e. The fraction of sp³-hybridized carbons (Fsp3) is 1.00. The van der Waals surface area contributed by atoms with Gasteiger partial charge in [0.15, 0.2) is 0 Å². The van der Waals surface area contributed by atoms with E-state index in [0.29, 0.717) is 0 Å². The van der Waals surface area contributed by atoms with Gasteiger partial charge in [-0.25, -0.2) is 0 Å². The molecule has 0 saturated carbocycles. The van der Waals surface area contributed by atoms with Gasteiger partial charge in [-0.2, -0.15) is 0 Å². The molecule has 0 aromatic carbocycles. The molecule has 0 radical (unpaired) electrons. The lowest BCUT2D eigenvalue weighted by atomic mass is 11.8. The molecule has 0 fully saturated rings. The molecule has 0 bridgehead atoms. The van der Waals surface area contributed by atoms with E-state index in [1.54, 1.807) is 0 Å². The van der Waals surface area contributed by atoms with Gasteiger partial charge in [0, 0.05) is 13.1 Å². The van der Waals surface area contributed by atoms with Gasteiger partial charge in [0.1, 0.15) is 0 Å². The molecule has 0 aromatic rings. The molecule has 3 heteroatoms. The molecule has 0 rings (SSSR count). The third-order valence-corrected chi connectivity index (χ3v) is 22.5. The van der Waals surface area contributed by atoms with Crippen molar-refractivity contribution in [1.29, 1.82) is 0 Å². The quantitative estimate of drug-likeness (QED) is 0.453. The molecule has 56 valence electrons. The fourth-order valence-electron chi connectivity index (χ4n) is 0.200. The largest absolute Gasteiger partial charge is 0.130 e. The van der Waals surface area contributed by atoms with Crippen molar-refractivity contribution in [2.45, 2.75) is 32.7 Å². The first-order chi connectivity index (χ1) is 3.81. The number of alkyl halides is 1. The monoisotopic (exact) mass is 180 g/mol. The lowest BCUT2D eigenvalue weighted by Crippen LogP contribution is -2.54. The summed E-state index contributed by atoms with van der Waals surface area (Å²) in [6, 6.07) is 0. The molecule has 0 heterocycles. The highest BCUT2D eigenvalue weighted by atomic mass is 35.5. The van der Waals surface area contributed by atoms with E-state index < -0.39 is 15.2 Å². The molecule has 0 aromatic heterocycles. The summed E-state index contributed by atoms with van der Waals surface area (Å²) in [5.74, 6) is 0. The number of hydrogen-bond donors (Lipinski definition) is 0. The Bertz CT molecular complexity index is 93.7. The Morgan fingerprint density at radius 2 is 1.33 bits per heavy atom. The second kappa shape index (κ2) is 2.76. The van der Waals surface area contributed by atoms with Crippen LogP contribution in [-0.2, 0) is 0 Å². The van der Waals surface area contributed by atoms with E-state index in [4.69, 9.17) is 11.6 Å². The van der Waals surface area contributed by atoms with Crippen molar-refractivity contribution >= 4 is 26.8 Å². The molecular weight excluding hydrogens is 164 g/mol. The summed E-state index contributed by atoms with van der Waals surface area (Å²) in [4.78, 5) is 0. The highest BCUT2D eigenvalue weighted by molar-refractivity contribution is 7.41. The predicted molar refractivity (Wildman–Crippen MR) is 51.5 cm³/mol. The van der Waals surface area contributed by atoms with Crippen LogP contribution in [0.1, 0.15) is 0 Å². The van der Waals surface area contributed by atoms with Crippen molar-refractivity contribution in [2.24, 2.45) is 0 Å². The van der Waals surface area contributed by atoms with Gasteiger partial charge in [0.25, 0.3) is 0 Å². The summed E-state index contributed by atoms with van der Waals surface area (Å²) < 4.78 is 0. The maximum absolute atomic E-state index is 5.87. The average Bonchev–Trinajstić information content (AvgIpc) is 1.64. The van der Waals surface area contributed by atoms with Gasteiger partial charge in [0.2, 0.25) is 0 Å². The maximum atomic E-state index is 5.87. The van der Waals surface area contributed by atoms with Gasteiger partial charge >= 0.3 is 0 Å². The first-order valence-electron chi connectivity index (χ1n) is 3.37. The lowest BCUT2D eigenvalue weighted by Gasteiger charge is -2.32. The van der Waals surface area contributed by atoms with Crippen LogP contribution in [0, 0.1) is 0 Å². The second-order valence-electron chi connectivity index (χ2n) is 4.27. The average molecular weight is 181 g/mol. The normalized spacial score (nSPS) is 14.0. The first-order valence-corrected chi connectivity index (χ1v) is 11.6. The standard InChI is InChI=1S/C6H17ClSi2/c1-8(2,3)9(4,5)6-7/h6H2,1-5H3. The minimum atomic E-state index is -0.975. The van der Waals surface area contributed by atoms with Crippen molar-refractivity contribution in [1.82, 2.24) is 0 Å². The van der Waals surface area contributed by atoms with Crippen LogP contribution in [0.2, 0.25) is 32.7 Å². The molecule has 0 aliphatic carbocycles. The zero-order valence-electron chi connectivity index (χ0n) is 7.09. The molecule has 0 unspecified atom stereocenters. The molecule has 9 heavy (non-hydrogen) atoms. The van der Waals surface area contributed by atoms with Crippen LogP contribution in [0.4, 0.5) is 0 Å². The zero-order valence-corrected chi connectivity index (χ0v) is 9.84. The van der Waals surface area contributed by atoms with Crippen LogP contribution in [0.5, 0.6) is 0 Å². The van der Waals surface area contributed by atoms with Crippen molar-refractivity contribution in [3.8, 4) is 0 Å². The zero-order chi connectivity index (χ0) is 7.71. The summed E-state index contributed by atoms with van der Waals surface area (Å²) in [5.41, 5.74) is 0.933. The van der Waals surface area contributed by atoms with Gasteiger partial charge < -0.3 is 0 Å². The van der Waals surface area contributed by atoms with Crippen LogP contribution in [0.15, 0.2) is 0 Å². The highest BCUT2D eigenvalue weighted by Gasteiger charge is 2.35. The molecule has 0 atom stereocenters. The van der Waals surface area contributed by atoms with Gasteiger partial charge in [-0.1, -0.05) is 32.7 Å². The predicted octanol–water partition coefficient (Wildman–Crippen LogP) is 2.89. The molecule has 0 aliphatic rings. The van der Waals surface area contributed by atoms with E-state index in [1.165, 1.54) is 0 Å². The molecular formula is C6H17ClSi2. The van der Waals surface area contributed by atoms with E-state index in [1.807, 2.05) is 0 Å². The van der Waals surface area contributed by atoms with E-state index in [9.17, 15) is 0 Å². The van der Waals surface area contributed by atoms with Gasteiger partial charge in [0.05, 0.1) is 7.59 Å². The molecule has 0 saturated heterocycles. The molecule has 0 aliphatic heterocycles. The Morgan fingerprint density at radius 3 is 1.33 bits per heavy atom. The van der Waals surface area contributed by atoms with Crippen molar-refractivity contribution in [2.75, 3.05) is 5.50 Å². The number of halogens is 1. The third kappa shape index (κ3) is 2.44. The minimum absolute atomic E-state index is 0.878. The van der Waals surface area contributed by atoms with Crippen molar-refractivity contribution in [3.63, 3.8) is 0 Å². The van der Waals surface area contributed by atoms with E-state index in [-0.39, 0.29) is 0 Å². The van der Waals surface area contributed by atoms with Crippen LogP contribution in [0.25, 0.3) is 0 Å². The van der Waals surface area contributed by atoms with Crippen LogP contribution in [0.3, 0.4) is 0 Å². The highest BCUT2D eigenvalue weighted by Crippen LogP contribution is 2.19. The van der Waals surface area contributed by atoms with Gasteiger partial charge in [-0.3, -0.25) is 0 Å². The molecule has 0 nitrogen and oxygen atoms in total. The Kier molecular flexibility index (Phi) is 2.99. The van der Waals surface area contributed by atoms with E-state index in [0.717, 1.165) is 5.50 Å². The minimum Gasteiger partial charge on any atom is -0.130 e. The fourth-order valence-corrected chi connectivity index (χ4v) is 5.41. The van der Waals surface area contributed by atoms with E-state index >= 15 is 0 Å². The van der Waals surface area contributed by atoms with Gasteiger partial charge in [-0.05, 0) is 0 Å². The number of rotatable bonds is 2. The Balaban J connectivity index is 4.14. The Morgan fingerprint density at radius 1 is 1.00 bits per heavy atom. The SMILES string of the molecule is C[Si](C)(C)[Si](C)(C)CCl. The lowest BCUT2D eigenvalue weighted by molar-refractivity contribution is 1.68.